The summed E-state index contributed by atoms with van der Waals surface area (Å²) in [6.07, 6.45) is 2.98. The fourth-order valence-corrected chi connectivity index (χ4v) is 2.45. The largest absolute Gasteiger partial charge is 0.298 e. The molecule has 0 fully saturated rings. The van der Waals surface area contributed by atoms with Crippen molar-refractivity contribution in [1.29, 1.82) is 0 Å². The molecule has 0 N–H and O–H groups in total. The minimum atomic E-state index is 0.745. The summed E-state index contributed by atoms with van der Waals surface area (Å²) in [5.74, 6) is 2.29. The van der Waals surface area contributed by atoms with Crippen LogP contribution in [0.15, 0.2) is 29.2 Å². The van der Waals surface area contributed by atoms with E-state index in [1.807, 2.05) is 47.8 Å². The molecule has 0 aliphatic heterocycles. The number of rotatable bonds is 5. The summed E-state index contributed by atoms with van der Waals surface area (Å²) in [6, 6.07) is 7.70. The average Bonchev–Trinajstić information content (AvgIpc) is 2.19. The zero-order chi connectivity index (χ0) is 9.52. The standard InChI is InChI=1S/C10H12OS2/c1-12-6-7-13-10-4-2-9(8-11)3-5-10/h2-5,8H,6-7H2,1H3. The highest BCUT2D eigenvalue weighted by Gasteiger charge is 1.93. The summed E-state index contributed by atoms with van der Waals surface area (Å²) in [4.78, 5) is 11.6. The minimum Gasteiger partial charge on any atom is -0.298 e. The van der Waals surface area contributed by atoms with Gasteiger partial charge < -0.3 is 0 Å². The minimum absolute atomic E-state index is 0.745. The molecule has 1 nitrogen and oxygen atoms in total. The Kier molecular flexibility index (Phi) is 5.01. The summed E-state index contributed by atoms with van der Waals surface area (Å²) in [7, 11) is 0. The van der Waals surface area contributed by atoms with E-state index in [1.54, 1.807) is 0 Å². The highest BCUT2D eigenvalue weighted by Crippen LogP contribution is 2.18. The summed E-state index contributed by atoms with van der Waals surface area (Å²) >= 11 is 3.68. The van der Waals surface area contributed by atoms with Crippen LogP contribution in [0.1, 0.15) is 10.4 Å². The highest BCUT2D eigenvalue weighted by molar-refractivity contribution is 8.02. The van der Waals surface area contributed by atoms with Crippen molar-refractivity contribution in [2.24, 2.45) is 0 Å². The van der Waals surface area contributed by atoms with Gasteiger partial charge in [0.25, 0.3) is 0 Å². The van der Waals surface area contributed by atoms with Crippen molar-refractivity contribution in [2.75, 3.05) is 17.8 Å². The predicted molar refractivity (Wildman–Crippen MR) is 60.9 cm³/mol. The van der Waals surface area contributed by atoms with Crippen LogP contribution in [0, 0.1) is 0 Å². The maximum atomic E-state index is 10.4. The normalized spacial score (nSPS) is 9.92. The van der Waals surface area contributed by atoms with Gasteiger partial charge in [-0.15, -0.1) is 11.8 Å². The smallest absolute Gasteiger partial charge is 0.150 e. The summed E-state index contributed by atoms with van der Waals surface area (Å²) in [5, 5.41) is 0. The molecular formula is C10H12OS2. The Labute approximate surface area is 87.3 Å². The van der Waals surface area contributed by atoms with Gasteiger partial charge in [-0.05, 0) is 18.4 Å². The molecule has 0 spiro atoms. The van der Waals surface area contributed by atoms with E-state index in [1.165, 1.54) is 10.6 Å². The zero-order valence-electron chi connectivity index (χ0n) is 7.53. The lowest BCUT2D eigenvalue weighted by molar-refractivity contribution is 0.112. The molecule has 1 aromatic rings. The monoisotopic (exact) mass is 212 g/mol. The molecule has 1 aromatic carbocycles. The first kappa shape index (κ1) is 10.7. The molecule has 0 unspecified atom stereocenters. The number of benzene rings is 1. The van der Waals surface area contributed by atoms with Crippen LogP contribution in [0.3, 0.4) is 0 Å². The lowest BCUT2D eigenvalue weighted by atomic mass is 10.2. The molecule has 0 bridgehead atoms. The molecule has 0 atom stereocenters. The molecule has 13 heavy (non-hydrogen) atoms. The van der Waals surface area contributed by atoms with E-state index in [9.17, 15) is 4.79 Å². The number of aldehydes is 1. The van der Waals surface area contributed by atoms with Gasteiger partial charge in [0.05, 0.1) is 0 Å². The Morgan fingerprint density at radius 3 is 2.46 bits per heavy atom. The van der Waals surface area contributed by atoms with Gasteiger partial charge in [0.1, 0.15) is 6.29 Å². The van der Waals surface area contributed by atoms with Crippen LogP contribution < -0.4 is 0 Å². The van der Waals surface area contributed by atoms with E-state index < -0.39 is 0 Å². The van der Waals surface area contributed by atoms with Gasteiger partial charge in [0, 0.05) is 22.0 Å². The van der Waals surface area contributed by atoms with E-state index in [4.69, 9.17) is 0 Å². The molecule has 0 radical (unpaired) electrons. The van der Waals surface area contributed by atoms with Gasteiger partial charge in [0.2, 0.25) is 0 Å². The predicted octanol–water partition coefficient (Wildman–Crippen LogP) is 2.95. The third-order valence-electron chi connectivity index (χ3n) is 1.57. The number of hydrogen-bond acceptors (Lipinski definition) is 3. The fourth-order valence-electron chi connectivity index (χ4n) is 0.885. The molecule has 3 heteroatoms. The van der Waals surface area contributed by atoms with Crippen molar-refractivity contribution in [3.63, 3.8) is 0 Å². The second kappa shape index (κ2) is 6.11. The van der Waals surface area contributed by atoms with Crippen molar-refractivity contribution in [2.45, 2.75) is 4.90 Å². The van der Waals surface area contributed by atoms with Crippen LogP contribution in [0.2, 0.25) is 0 Å². The number of carbonyl (C=O) groups is 1. The molecule has 0 saturated heterocycles. The number of thioether (sulfide) groups is 2. The van der Waals surface area contributed by atoms with Gasteiger partial charge in [0.15, 0.2) is 0 Å². The van der Waals surface area contributed by atoms with Crippen molar-refractivity contribution in [3.05, 3.63) is 29.8 Å². The summed E-state index contributed by atoms with van der Waals surface area (Å²) in [5.41, 5.74) is 0.745. The lowest BCUT2D eigenvalue weighted by Gasteiger charge is -1.99. The molecule has 0 saturated carbocycles. The summed E-state index contributed by atoms with van der Waals surface area (Å²) in [6.45, 7) is 0. The molecule has 0 aliphatic carbocycles. The van der Waals surface area contributed by atoms with Crippen molar-refractivity contribution < 1.29 is 4.79 Å². The molecule has 1 rings (SSSR count). The Morgan fingerprint density at radius 1 is 1.23 bits per heavy atom. The zero-order valence-corrected chi connectivity index (χ0v) is 9.16. The van der Waals surface area contributed by atoms with Crippen molar-refractivity contribution >= 4 is 29.8 Å². The Balaban J connectivity index is 2.44. The van der Waals surface area contributed by atoms with E-state index in [0.29, 0.717) is 0 Å². The van der Waals surface area contributed by atoms with Crippen LogP contribution in [-0.2, 0) is 0 Å². The maximum absolute atomic E-state index is 10.4. The van der Waals surface area contributed by atoms with Crippen molar-refractivity contribution in [1.82, 2.24) is 0 Å². The molecule has 0 aromatic heterocycles. The number of hydrogen-bond donors (Lipinski definition) is 0. The Bertz CT molecular complexity index is 256. The molecule has 0 aliphatic rings. The summed E-state index contributed by atoms with van der Waals surface area (Å²) < 4.78 is 0. The van der Waals surface area contributed by atoms with Crippen LogP contribution in [-0.4, -0.2) is 24.0 Å². The second-order valence-electron chi connectivity index (χ2n) is 2.53. The van der Waals surface area contributed by atoms with Crippen LogP contribution in [0.5, 0.6) is 0 Å². The first-order valence-electron chi connectivity index (χ1n) is 4.04. The van der Waals surface area contributed by atoms with Gasteiger partial charge >= 0.3 is 0 Å². The Hall–Kier alpha value is -0.410. The van der Waals surface area contributed by atoms with E-state index in [0.717, 1.165) is 17.6 Å². The molecule has 70 valence electrons. The van der Waals surface area contributed by atoms with E-state index >= 15 is 0 Å². The first-order chi connectivity index (χ1) is 6.36. The average molecular weight is 212 g/mol. The lowest BCUT2D eigenvalue weighted by Crippen LogP contribution is -1.83. The van der Waals surface area contributed by atoms with Gasteiger partial charge in [-0.1, -0.05) is 12.1 Å². The SMILES string of the molecule is CSCCSc1ccc(C=O)cc1. The third-order valence-corrected chi connectivity index (χ3v) is 3.46. The fraction of sp³-hybridized carbons (Fsp3) is 0.300. The topological polar surface area (TPSA) is 17.1 Å². The Morgan fingerprint density at radius 2 is 1.92 bits per heavy atom. The van der Waals surface area contributed by atoms with E-state index in [-0.39, 0.29) is 0 Å². The third kappa shape index (κ3) is 3.87. The van der Waals surface area contributed by atoms with Gasteiger partial charge in [-0.3, -0.25) is 4.79 Å². The number of carbonyl (C=O) groups excluding carboxylic acids is 1. The second-order valence-corrected chi connectivity index (χ2v) is 4.68. The van der Waals surface area contributed by atoms with Crippen molar-refractivity contribution in [3.8, 4) is 0 Å². The quantitative estimate of drug-likeness (QED) is 0.424. The van der Waals surface area contributed by atoms with Crippen LogP contribution in [0.25, 0.3) is 0 Å². The molecule has 0 amide bonds. The van der Waals surface area contributed by atoms with Gasteiger partial charge in [-0.2, -0.15) is 11.8 Å². The maximum Gasteiger partial charge on any atom is 0.150 e. The van der Waals surface area contributed by atoms with E-state index in [2.05, 4.69) is 6.26 Å². The van der Waals surface area contributed by atoms with Crippen LogP contribution >= 0.6 is 23.5 Å². The highest BCUT2D eigenvalue weighted by atomic mass is 32.2. The first-order valence-corrected chi connectivity index (χ1v) is 6.41. The van der Waals surface area contributed by atoms with Crippen LogP contribution in [0.4, 0.5) is 0 Å². The van der Waals surface area contributed by atoms with Gasteiger partial charge in [-0.25, -0.2) is 0 Å². The molecular weight excluding hydrogens is 200 g/mol. The molecule has 0 heterocycles.